The fourth-order valence-corrected chi connectivity index (χ4v) is 5.54. The first-order chi connectivity index (χ1) is 18.7. The highest BCUT2D eigenvalue weighted by Crippen LogP contribution is 2.47. The summed E-state index contributed by atoms with van der Waals surface area (Å²) in [6, 6.07) is 9.29. The molecule has 11 heteroatoms. The van der Waals surface area contributed by atoms with Crippen LogP contribution < -0.4 is 14.8 Å². The molecule has 2 bridgehead atoms. The zero-order chi connectivity index (χ0) is 27.7. The van der Waals surface area contributed by atoms with Gasteiger partial charge in [0.05, 0.1) is 12.0 Å². The first kappa shape index (κ1) is 25.8. The lowest BCUT2D eigenvalue weighted by Gasteiger charge is -2.35. The molecule has 2 saturated carbocycles. The van der Waals surface area contributed by atoms with Gasteiger partial charge in [-0.2, -0.15) is 0 Å². The summed E-state index contributed by atoms with van der Waals surface area (Å²) >= 11 is 0. The third-order valence-corrected chi connectivity index (χ3v) is 7.39. The molecule has 200 valence electrons. The molecule has 39 heavy (non-hydrogen) atoms. The van der Waals surface area contributed by atoms with Gasteiger partial charge in [-0.05, 0) is 78.6 Å². The molecule has 11 nitrogen and oxygen atoms in total. The number of nitro benzene ring substituents is 1. The summed E-state index contributed by atoms with van der Waals surface area (Å²) in [5, 5.41) is 13.0. The molecule has 1 N–H and O–H groups in total. The third kappa shape index (κ3) is 5.28. The maximum atomic E-state index is 13.3. The highest BCUT2D eigenvalue weighted by atomic mass is 16.6. The van der Waals surface area contributed by atoms with Gasteiger partial charge in [-0.3, -0.25) is 29.9 Å². The predicted octanol–water partition coefficient (Wildman–Crippen LogP) is 3.87. The Balaban J connectivity index is 1.31. The number of hydrogen-bond donors (Lipinski definition) is 1. The lowest BCUT2D eigenvalue weighted by Crippen LogP contribution is -2.58. The Morgan fingerprint density at radius 3 is 2.44 bits per heavy atom. The van der Waals surface area contributed by atoms with Crippen molar-refractivity contribution in [3.8, 4) is 11.5 Å². The van der Waals surface area contributed by atoms with Crippen molar-refractivity contribution in [1.82, 2.24) is 10.2 Å². The Hall–Kier alpha value is -4.80. The average Bonchev–Trinajstić information content (AvgIpc) is 3.55. The van der Waals surface area contributed by atoms with E-state index < -0.39 is 28.7 Å². The maximum Gasteiger partial charge on any atom is 0.336 e. The van der Waals surface area contributed by atoms with Crippen LogP contribution in [0.25, 0.3) is 12.2 Å². The van der Waals surface area contributed by atoms with Crippen molar-refractivity contribution in [2.24, 2.45) is 11.8 Å². The second-order valence-electron chi connectivity index (χ2n) is 9.75. The number of imide groups is 2. The van der Waals surface area contributed by atoms with Crippen molar-refractivity contribution in [3.63, 3.8) is 0 Å². The quantitative estimate of drug-likeness (QED) is 0.142. The first-order valence-corrected chi connectivity index (χ1v) is 12.5. The molecule has 3 fully saturated rings. The minimum Gasteiger partial charge on any atom is -0.493 e. The van der Waals surface area contributed by atoms with Gasteiger partial charge in [0.1, 0.15) is 5.57 Å². The van der Waals surface area contributed by atoms with E-state index in [0.717, 1.165) is 25.7 Å². The van der Waals surface area contributed by atoms with Crippen molar-refractivity contribution in [3.05, 3.63) is 75.4 Å². The van der Waals surface area contributed by atoms with Gasteiger partial charge in [0.2, 0.25) is 0 Å². The van der Waals surface area contributed by atoms with Crippen LogP contribution in [-0.2, 0) is 14.4 Å². The lowest BCUT2D eigenvalue weighted by atomic mass is 9.93. The lowest BCUT2D eigenvalue weighted by molar-refractivity contribution is -0.384. The highest BCUT2D eigenvalue weighted by Gasteiger charge is 2.49. The number of rotatable bonds is 7. The zero-order valence-corrected chi connectivity index (χ0v) is 21.0. The molecule has 3 atom stereocenters. The third-order valence-electron chi connectivity index (χ3n) is 7.39. The molecule has 0 radical (unpaired) electrons. The number of carbonyl (C=O) groups is 4. The van der Waals surface area contributed by atoms with E-state index in [4.69, 9.17) is 9.47 Å². The van der Waals surface area contributed by atoms with E-state index in [1.165, 1.54) is 66.6 Å². The number of esters is 1. The van der Waals surface area contributed by atoms with Crippen LogP contribution in [0.2, 0.25) is 0 Å². The second-order valence-corrected chi connectivity index (χ2v) is 9.75. The number of nitro groups is 1. The highest BCUT2D eigenvalue weighted by molar-refractivity contribution is 6.31. The van der Waals surface area contributed by atoms with Crippen LogP contribution in [0.15, 0.2) is 54.1 Å². The van der Waals surface area contributed by atoms with Crippen molar-refractivity contribution < 1.29 is 33.6 Å². The van der Waals surface area contributed by atoms with Gasteiger partial charge in [0, 0.05) is 24.3 Å². The molecule has 5 rings (SSSR count). The molecule has 1 heterocycles. The van der Waals surface area contributed by atoms with Gasteiger partial charge < -0.3 is 9.47 Å². The monoisotopic (exact) mass is 531 g/mol. The molecule has 2 aliphatic carbocycles. The van der Waals surface area contributed by atoms with Crippen molar-refractivity contribution in [2.45, 2.75) is 31.7 Å². The summed E-state index contributed by atoms with van der Waals surface area (Å²) < 4.78 is 10.7. The number of urea groups is 1. The van der Waals surface area contributed by atoms with Gasteiger partial charge in [0.15, 0.2) is 11.5 Å². The van der Waals surface area contributed by atoms with Crippen LogP contribution in [0.5, 0.6) is 11.5 Å². The fourth-order valence-electron chi connectivity index (χ4n) is 5.54. The van der Waals surface area contributed by atoms with Crippen LogP contribution in [0, 0.1) is 22.0 Å². The van der Waals surface area contributed by atoms with Gasteiger partial charge in [-0.1, -0.05) is 12.5 Å². The molecule has 1 aliphatic heterocycles. The molecular formula is C28H25N3O8. The summed E-state index contributed by atoms with van der Waals surface area (Å²) in [5.41, 5.74) is 0.788. The minimum atomic E-state index is -0.768. The van der Waals surface area contributed by atoms with Crippen LogP contribution in [0.1, 0.15) is 36.8 Å². The number of amides is 4. The maximum absolute atomic E-state index is 13.3. The summed E-state index contributed by atoms with van der Waals surface area (Å²) in [4.78, 5) is 62.2. The van der Waals surface area contributed by atoms with E-state index in [1.807, 2.05) is 0 Å². The minimum absolute atomic E-state index is 0.0632. The number of nitrogens with one attached hydrogen (secondary N) is 1. The number of nitrogens with zero attached hydrogens (tertiary/aromatic N) is 2. The summed E-state index contributed by atoms with van der Waals surface area (Å²) in [6.07, 6.45) is 7.84. The summed E-state index contributed by atoms with van der Waals surface area (Å²) in [6.45, 7) is 0. The van der Waals surface area contributed by atoms with E-state index in [9.17, 15) is 29.3 Å². The molecular weight excluding hydrogens is 506 g/mol. The predicted molar refractivity (Wildman–Crippen MR) is 138 cm³/mol. The van der Waals surface area contributed by atoms with Crippen molar-refractivity contribution >= 4 is 41.7 Å². The Morgan fingerprint density at radius 2 is 1.79 bits per heavy atom. The molecule has 0 unspecified atom stereocenters. The SMILES string of the molecule is COc1cc(/C=C2\C(=O)NC(=O)N([C@@H]3C[C@H]4CC[C@H]3C4)C2=O)ccc1OC(=O)/C=C/c1ccc([N+](=O)[O-])cc1. The second kappa shape index (κ2) is 10.5. The largest absolute Gasteiger partial charge is 0.493 e. The van der Waals surface area contributed by atoms with Crippen molar-refractivity contribution in [2.75, 3.05) is 7.11 Å². The standard InChI is InChI=1S/C28H25N3O8/c1-38-24-15-18(5-10-23(24)39-25(32)11-6-16-3-8-20(9-4-16)31(36)37)13-21-26(33)29-28(35)30(27(21)34)22-14-17-2-7-19(22)12-17/h3-6,8-11,13,15,17,19,22H,2,7,12,14H2,1H3,(H,29,33,35)/b11-6+,21-13+/t17-,19-,22+/m0/s1. The zero-order valence-electron chi connectivity index (χ0n) is 21.0. The average molecular weight is 532 g/mol. The number of barbiturate groups is 1. The number of non-ortho nitro benzene ring substituents is 1. The molecule has 3 aliphatic rings. The topological polar surface area (TPSA) is 145 Å². The molecule has 1 saturated heterocycles. The first-order valence-electron chi connectivity index (χ1n) is 12.5. The smallest absolute Gasteiger partial charge is 0.336 e. The number of methoxy groups -OCH3 is 1. The van der Waals surface area contributed by atoms with E-state index in [2.05, 4.69) is 5.32 Å². The van der Waals surface area contributed by atoms with Crippen LogP contribution in [0.3, 0.4) is 0 Å². The van der Waals surface area contributed by atoms with E-state index in [1.54, 1.807) is 6.07 Å². The van der Waals surface area contributed by atoms with Gasteiger partial charge in [0.25, 0.3) is 17.5 Å². The summed E-state index contributed by atoms with van der Waals surface area (Å²) in [7, 11) is 1.38. The number of ether oxygens (including phenoxy) is 2. The van der Waals surface area contributed by atoms with Gasteiger partial charge >= 0.3 is 12.0 Å². The molecule has 0 spiro atoms. The molecule has 4 amide bonds. The number of carbonyl (C=O) groups excluding carboxylic acids is 4. The number of benzene rings is 2. The Labute approximate surface area is 223 Å². The van der Waals surface area contributed by atoms with Gasteiger partial charge in [-0.15, -0.1) is 0 Å². The Morgan fingerprint density at radius 1 is 1.05 bits per heavy atom. The fraction of sp³-hybridized carbons (Fsp3) is 0.286. The van der Waals surface area contributed by atoms with Crippen LogP contribution in [-0.4, -0.2) is 46.8 Å². The normalized spacial score (nSPS) is 23.4. The Bertz CT molecular complexity index is 1430. The van der Waals surface area contributed by atoms with Crippen molar-refractivity contribution in [1.29, 1.82) is 0 Å². The van der Waals surface area contributed by atoms with Gasteiger partial charge in [-0.25, -0.2) is 9.59 Å². The molecule has 0 aromatic heterocycles. The molecule has 2 aromatic carbocycles. The van der Waals surface area contributed by atoms with E-state index >= 15 is 0 Å². The molecule has 2 aromatic rings. The number of hydrogen-bond acceptors (Lipinski definition) is 8. The summed E-state index contributed by atoms with van der Waals surface area (Å²) in [5.74, 6) is -1.03. The van der Waals surface area contributed by atoms with Crippen LogP contribution >= 0.6 is 0 Å². The number of fused-ring (bicyclic) bond motifs is 2. The van der Waals surface area contributed by atoms with E-state index in [0.29, 0.717) is 17.0 Å². The van der Waals surface area contributed by atoms with Crippen LogP contribution in [0.4, 0.5) is 10.5 Å². The Kier molecular flexibility index (Phi) is 6.97. The van der Waals surface area contributed by atoms with E-state index in [-0.39, 0.29) is 34.7 Å².